The third-order valence-electron chi connectivity index (χ3n) is 2.98. The number of hydrogen-bond acceptors (Lipinski definition) is 4. The summed E-state index contributed by atoms with van der Waals surface area (Å²) in [6.45, 7) is 5.30. The van der Waals surface area contributed by atoms with Crippen LogP contribution in [0.25, 0.3) is 0 Å². The van der Waals surface area contributed by atoms with Crippen LogP contribution in [-0.2, 0) is 4.79 Å². The molecule has 2 rings (SSSR count). The Morgan fingerprint density at radius 1 is 1.40 bits per heavy atom. The molecule has 0 aliphatic heterocycles. The van der Waals surface area contributed by atoms with Crippen molar-refractivity contribution in [2.45, 2.75) is 26.8 Å². The van der Waals surface area contributed by atoms with E-state index in [-0.39, 0.29) is 11.7 Å². The van der Waals surface area contributed by atoms with Gasteiger partial charge in [-0.25, -0.2) is 0 Å². The Balaban J connectivity index is 1.95. The number of aromatic nitrogens is 2. The monoisotopic (exact) mass is 276 g/mol. The van der Waals surface area contributed by atoms with Crippen molar-refractivity contribution in [3.05, 3.63) is 35.4 Å². The number of aryl methyl sites for hydroxylation is 1. The first-order valence-electron chi connectivity index (χ1n) is 6.16. The molecule has 0 bridgehead atoms. The maximum Gasteiger partial charge on any atom is 0.287 e. The van der Waals surface area contributed by atoms with Crippen molar-refractivity contribution < 1.29 is 14.0 Å². The number of H-pyrrole nitrogens is 1. The van der Waals surface area contributed by atoms with E-state index in [1.165, 1.54) is 12.3 Å². The van der Waals surface area contributed by atoms with Crippen LogP contribution in [0.4, 0.5) is 5.82 Å². The highest BCUT2D eigenvalue weighted by Crippen LogP contribution is 2.13. The number of amides is 2. The molecule has 20 heavy (non-hydrogen) atoms. The molecular weight excluding hydrogens is 260 g/mol. The average Bonchev–Trinajstić information content (AvgIpc) is 3.04. The van der Waals surface area contributed by atoms with E-state index in [1.807, 2.05) is 13.8 Å². The van der Waals surface area contributed by atoms with Gasteiger partial charge in [-0.05, 0) is 32.9 Å². The van der Waals surface area contributed by atoms with E-state index in [1.54, 1.807) is 13.0 Å². The molecule has 2 aromatic heterocycles. The van der Waals surface area contributed by atoms with E-state index in [4.69, 9.17) is 4.42 Å². The summed E-state index contributed by atoms with van der Waals surface area (Å²) < 4.78 is 4.96. The standard InChI is InChI=1S/C13H16N4O3/c1-7-8(2)16-17-11(7)15-12(18)9(3)14-13(19)10-5-4-6-20-10/h4-6,9H,1-3H3,(H,14,19)(H2,15,16,17,18). The van der Waals surface area contributed by atoms with Gasteiger partial charge in [0.15, 0.2) is 11.6 Å². The minimum Gasteiger partial charge on any atom is -0.459 e. The third kappa shape index (κ3) is 2.87. The molecule has 2 amide bonds. The highest BCUT2D eigenvalue weighted by molar-refractivity contribution is 5.99. The molecule has 0 saturated heterocycles. The predicted octanol–water partition coefficient (Wildman–Crippen LogP) is 1.38. The molecule has 2 aromatic rings. The second-order valence-corrected chi connectivity index (χ2v) is 4.48. The lowest BCUT2D eigenvalue weighted by Gasteiger charge is -2.12. The lowest BCUT2D eigenvalue weighted by molar-refractivity contribution is -0.117. The molecule has 0 radical (unpaired) electrons. The number of furan rings is 1. The first kappa shape index (κ1) is 13.9. The highest BCUT2D eigenvalue weighted by atomic mass is 16.3. The molecule has 0 saturated carbocycles. The van der Waals surface area contributed by atoms with Crippen molar-refractivity contribution in [3.63, 3.8) is 0 Å². The fourth-order valence-corrected chi connectivity index (χ4v) is 1.57. The van der Waals surface area contributed by atoms with Gasteiger partial charge in [0.1, 0.15) is 6.04 Å². The number of rotatable bonds is 4. The van der Waals surface area contributed by atoms with E-state index in [0.717, 1.165) is 11.3 Å². The van der Waals surface area contributed by atoms with Gasteiger partial charge in [-0.1, -0.05) is 0 Å². The normalized spacial score (nSPS) is 11.9. The van der Waals surface area contributed by atoms with Gasteiger partial charge in [0, 0.05) is 11.3 Å². The Labute approximate surface area is 115 Å². The maximum atomic E-state index is 12.0. The Morgan fingerprint density at radius 3 is 2.70 bits per heavy atom. The van der Waals surface area contributed by atoms with Gasteiger partial charge in [0.25, 0.3) is 5.91 Å². The van der Waals surface area contributed by atoms with Crippen LogP contribution in [0.15, 0.2) is 22.8 Å². The van der Waals surface area contributed by atoms with Gasteiger partial charge in [0.2, 0.25) is 5.91 Å². The van der Waals surface area contributed by atoms with Crippen LogP contribution in [0.1, 0.15) is 28.7 Å². The molecule has 1 atom stereocenters. The molecular formula is C13H16N4O3. The summed E-state index contributed by atoms with van der Waals surface area (Å²) in [5.41, 5.74) is 1.75. The second-order valence-electron chi connectivity index (χ2n) is 4.48. The van der Waals surface area contributed by atoms with Gasteiger partial charge < -0.3 is 15.1 Å². The zero-order valence-corrected chi connectivity index (χ0v) is 11.5. The van der Waals surface area contributed by atoms with E-state index in [9.17, 15) is 9.59 Å². The fourth-order valence-electron chi connectivity index (χ4n) is 1.57. The van der Waals surface area contributed by atoms with E-state index < -0.39 is 11.9 Å². The summed E-state index contributed by atoms with van der Waals surface area (Å²) in [4.78, 5) is 23.7. The van der Waals surface area contributed by atoms with Crippen LogP contribution in [0.3, 0.4) is 0 Å². The molecule has 2 heterocycles. The zero-order valence-electron chi connectivity index (χ0n) is 11.5. The Kier molecular flexibility index (Phi) is 3.88. The zero-order chi connectivity index (χ0) is 14.7. The second kappa shape index (κ2) is 5.60. The SMILES string of the molecule is Cc1[nH]nc(NC(=O)C(C)NC(=O)c2ccco2)c1C. The number of carbonyl (C=O) groups excluding carboxylic acids is 2. The summed E-state index contributed by atoms with van der Waals surface area (Å²) >= 11 is 0. The molecule has 106 valence electrons. The molecule has 7 heteroatoms. The largest absolute Gasteiger partial charge is 0.459 e. The fraction of sp³-hybridized carbons (Fsp3) is 0.308. The predicted molar refractivity (Wildman–Crippen MR) is 72.3 cm³/mol. The summed E-state index contributed by atoms with van der Waals surface area (Å²) in [6, 6.07) is 2.43. The van der Waals surface area contributed by atoms with Crippen LogP contribution in [0.2, 0.25) is 0 Å². The minimum absolute atomic E-state index is 0.163. The molecule has 7 nitrogen and oxygen atoms in total. The molecule has 0 aliphatic carbocycles. The van der Waals surface area contributed by atoms with Gasteiger partial charge in [-0.15, -0.1) is 0 Å². The van der Waals surface area contributed by atoms with Crippen molar-refractivity contribution in [3.8, 4) is 0 Å². The van der Waals surface area contributed by atoms with E-state index in [0.29, 0.717) is 5.82 Å². The van der Waals surface area contributed by atoms with E-state index in [2.05, 4.69) is 20.8 Å². The average molecular weight is 276 g/mol. The number of anilines is 1. The van der Waals surface area contributed by atoms with Gasteiger partial charge >= 0.3 is 0 Å². The first-order chi connectivity index (χ1) is 9.49. The van der Waals surface area contributed by atoms with Crippen molar-refractivity contribution in [1.29, 1.82) is 0 Å². The van der Waals surface area contributed by atoms with Crippen LogP contribution in [0.5, 0.6) is 0 Å². The third-order valence-corrected chi connectivity index (χ3v) is 2.98. The van der Waals surface area contributed by atoms with Crippen LogP contribution < -0.4 is 10.6 Å². The van der Waals surface area contributed by atoms with Crippen LogP contribution >= 0.6 is 0 Å². The van der Waals surface area contributed by atoms with Crippen molar-refractivity contribution >= 4 is 17.6 Å². The summed E-state index contributed by atoms with van der Waals surface area (Å²) in [6.07, 6.45) is 1.40. The molecule has 3 N–H and O–H groups in total. The van der Waals surface area contributed by atoms with Crippen molar-refractivity contribution in [2.24, 2.45) is 0 Å². The molecule has 0 aliphatic rings. The lowest BCUT2D eigenvalue weighted by Crippen LogP contribution is -2.41. The topological polar surface area (TPSA) is 100 Å². The Hall–Kier alpha value is -2.57. The quantitative estimate of drug-likeness (QED) is 0.785. The lowest BCUT2D eigenvalue weighted by atomic mass is 10.2. The van der Waals surface area contributed by atoms with Crippen molar-refractivity contribution in [1.82, 2.24) is 15.5 Å². The Morgan fingerprint density at radius 2 is 2.15 bits per heavy atom. The Bertz CT molecular complexity index is 616. The minimum atomic E-state index is -0.705. The molecule has 0 spiro atoms. The highest BCUT2D eigenvalue weighted by Gasteiger charge is 2.19. The van der Waals surface area contributed by atoms with E-state index >= 15 is 0 Å². The number of carbonyl (C=O) groups is 2. The summed E-state index contributed by atoms with van der Waals surface area (Å²) in [5, 5.41) is 12.0. The summed E-state index contributed by atoms with van der Waals surface area (Å²) in [5.74, 6) is -0.157. The maximum absolute atomic E-state index is 12.0. The van der Waals surface area contributed by atoms with Crippen LogP contribution in [-0.4, -0.2) is 28.1 Å². The number of nitrogens with zero attached hydrogens (tertiary/aromatic N) is 1. The van der Waals surface area contributed by atoms with Gasteiger partial charge in [-0.3, -0.25) is 14.7 Å². The van der Waals surface area contributed by atoms with Crippen LogP contribution in [0, 0.1) is 13.8 Å². The molecule has 1 unspecified atom stereocenters. The first-order valence-corrected chi connectivity index (χ1v) is 6.16. The molecule has 0 fully saturated rings. The smallest absolute Gasteiger partial charge is 0.287 e. The summed E-state index contributed by atoms with van der Waals surface area (Å²) in [7, 11) is 0. The number of hydrogen-bond donors (Lipinski definition) is 3. The number of nitrogens with one attached hydrogen (secondary N) is 3. The van der Waals surface area contributed by atoms with Gasteiger partial charge in [-0.2, -0.15) is 5.10 Å². The van der Waals surface area contributed by atoms with Crippen molar-refractivity contribution in [2.75, 3.05) is 5.32 Å². The number of aromatic amines is 1. The van der Waals surface area contributed by atoms with Gasteiger partial charge in [0.05, 0.1) is 6.26 Å². The molecule has 0 aromatic carbocycles.